The number of rotatable bonds is 6. The quantitative estimate of drug-likeness (QED) is 0.864. The molecule has 1 heterocycles. The Morgan fingerprint density at radius 1 is 1.09 bits per heavy atom. The van der Waals surface area contributed by atoms with Gasteiger partial charge in [-0.2, -0.15) is 0 Å². The number of halogens is 1. The number of hydrogen-bond donors (Lipinski definition) is 1. The zero-order valence-corrected chi connectivity index (χ0v) is 13.3. The van der Waals surface area contributed by atoms with Crippen molar-refractivity contribution >= 4 is 0 Å². The molecule has 0 saturated carbocycles. The predicted molar refractivity (Wildman–Crippen MR) is 91.8 cm³/mol. The number of hydrogen-bond acceptors (Lipinski definition) is 2. The van der Waals surface area contributed by atoms with Crippen molar-refractivity contribution in [2.75, 3.05) is 26.4 Å². The molecule has 0 aliphatic carbocycles. The second kappa shape index (κ2) is 8.11. The first-order chi connectivity index (χ1) is 11.8. The molecule has 1 aliphatic heterocycles. The summed E-state index contributed by atoms with van der Waals surface area (Å²) in [5, 5.41) is 3.42. The van der Waals surface area contributed by atoms with Gasteiger partial charge in [0.1, 0.15) is 19.0 Å². The minimum atomic E-state index is -0.517. The highest BCUT2D eigenvalue weighted by Crippen LogP contribution is 2.37. The fraction of sp³-hybridized carbons (Fsp3) is 0.400. The minimum absolute atomic E-state index is 0.0369. The van der Waals surface area contributed by atoms with Crippen molar-refractivity contribution < 1.29 is 10.5 Å². The van der Waals surface area contributed by atoms with Gasteiger partial charge >= 0.3 is 0 Å². The first-order valence-corrected chi connectivity index (χ1v) is 8.34. The van der Waals surface area contributed by atoms with Gasteiger partial charge in [-0.15, -0.1) is 0 Å². The van der Waals surface area contributed by atoms with Gasteiger partial charge in [-0.05, 0) is 55.1 Å². The van der Waals surface area contributed by atoms with E-state index in [1.807, 2.05) is 18.2 Å². The first-order valence-electron chi connectivity index (χ1n) is 8.84. The molecule has 3 heteroatoms. The molecule has 2 nitrogen and oxygen atoms in total. The zero-order chi connectivity index (χ0) is 16.8. The maximum absolute atomic E-state index is 12.3. The molecule has 1 atom stereocenters. The van der Waals surface area contributed by atoms with Crippen LogP contribution in [0.1, 0.15) is 31.3 Å². The Kier molecular flexibility index (Phi) is 5.19. The summed E-state index contributed by atoms with van der Waals surface area (Å²) in [6.45, 7) is 1.57. The number of nitrogens with one attached hydrogen (secondary N) is 1. The Balaban J connectivity index is 1.93. The lowest BCUT2D eigenvalue weighted by Crippen LogP contribution is -2.31. The van der Waals surface area contributed by atoms with Crippen LogP contribution in [0.15, 0.2) is 54.6 Å². The third kappa shape index (κ3) is 4.11. The number of piperidine rings is 1. The maximum atomic E-state index is 12.3. The van der Waals surface area contributed by atoms with Crippen LogP contribution >= 0.6 is 0 Å². The molecule has 0 radical (unpaired) electrons. The Morgan fingerprint density at radius 3 is 2.57 bits per heavy atom. The largest absolute Gasteiger partial charge is 0.491 e. The van der Waals surface area contributed by atoms with Crippen LogP contribution in [0.4, 0.5) is 4.39 Å². The second-order valence-corrected chi connectivity index (χ2v) is 5.99. The lowest BCUT2D eigenvalue weighted by atomic mass is 9.76. The van der Waals surface area contributed by atoms with E-state index in [1.165, 1.54) is 5.56 Å². The molecule has 0 aromatic heterocycles. The molecule has 1 saturated heterocycles. The predicted octanol–water partition coefficient (Wildman–Crippen LogP) is 4.17. The van der Waals surface area contributed by atoms with Gasteiger partial charge in [-0.25, -0.2) is 4.39 Å². The molecule has 2 aromatic carbocycles. The molecule has 0 amide bonds. The van der Waals surface area contributed by atoms with E-state index in [1.54, 1.807) is 6.07 Å². The van der Waals surface area contributed by atoms with Gasteiger partial charge in [0, 0.05) is 5.92 Å². The molecule has 1 fully saturated rings. The molecule has 122 valence electrons. The van der Waals surface area contributed by atoms with E-state index in [-0.39, 0.29) is 12.5 Å². The van der Waals surface area contributed by atoms with Crippen LogP contribution in [0, 0.1) is 5.92 Å². The van der Waals surface area contributed by atoms with E-state index in [0.29, 0.717) is 17.7 Å². The molecule has 0 unspecified atom stereocenters. The van der Waals surface area contributed by atoms with E-state index in [4.69, 9.17) is 6.11 Å². The Bertz CT molecular complexity index is 643. The van der Waals surface area contributed by atoms with Gasteiger partial charge in [0.05, 0.1) is 1.37 Å². The summed E-state index contributed by atoms with van der Waals surface area (Å²) < 4.78 is 26.0. The highest BCUT2D eigenvalue weighted by Gasteiger charge is 2.26. The van der Waals surface area contributed by atoms with Crippen molar-refractivity contribution in [1.82, 2.24) is 5.32 Å². The van der Waals surface area contributed by atoms with Crippen LogP contribution in [0.2, 0.25) is 0 Å². The van der Waals surface area contributed by atoms with Crippen LogP contribution in [0.3, 0.4) is 0 Å². The topological polar surface area (TPSA) is 21.3 Å². The van der Waals surface area contributed by atoms with Gasteiger partial charge in [0.15, 0.2) is 0 Å². The Labute approximate surface area is 139 Å². The fourth-order valence-electron chi connectivity index (χ4n) is 3.41. The third-order valence-corrected chi connectivity index (χ3v) is 4.50. The van der Waals surface area contributed by atoms with Gasteiger partial charge in [-0.3, -0.25) is 0 Å². The number of ether oxygens (including phenoxy) is 1. The summed E-state index contributed by atoms with van der Waals surface area (Å²) in [5.74, 6) is 1.31. The molecule has 2 aromatic rings. The third-order valence-electron chi connectivity index (χ3n) is 4.50. The summed E-state index contributed by atoms with van der Waals surface area (Å²) in [7, 11) is 0. The fourth-order valence-corrected chi connectivity index (χ4v) is 3.41. The van der Waals surface area contributed by atoms with Crippen LogP contribution in [-0.2, 0) is 0 Å². The van der Waals surface area contributed by atoms with Gasteiger partial charge in [-0.1, -0.05) is 42.4 Å². The average Bonchev–Trinajstić information content (AvgIpc) is 2.64. The van der Waals surface area contributed by atoms with Crippen molar-refractivity contribution in [1.29, 1.82) is 0 Å². The van der Waals surface area contributed by atoms with Crippen LogP contribution < -0.4 is 10.1 Å². The summed E-state index contributed by atoms with van der Waals surface area (Å²) in [6.07, 6.45) is 2.22. The first kappa shape index (κ1) is 14.7. The van der Waals surface area contributed by atoms with Gasteiger partial charge in [0.25, 0.3) is 0 Å². The SMILES string of the molecule is [2H]c1cc(OCCF)ccc1[C@@H](c1ccccc1)C1CCNCC1. The van der Waals surface area contributed by atoms with E-state index >= 15 is 0 Å². The van der Waals surface area contributed by atoms with Crippen molar-refractivity contribution in [3.8, 4) is 5.75 Å². The van der Waals surface area contributed by atoms with Crippen molar-refractivity contribution in [3.05, 3.63) is 65.7 Å². The lowest BCUT2D eigenvalue weighted by molar-refractivity contribution is 0.273. The molecular weight excluding hydrogens is 289 g/mol. The molecule has 0 spiro atoms. The lowest BCUT2D eigenvalue weighted by Gasteiger charge is -2.31. The van der Waals surface area contributed by atoms with E-state index in [2.05, 4.69) is 29.6 Å². The number of alkyl halides is 1. The van der Waals surface area contributed by atoms with E-state index < -0.39 is 6.67 Å². The van der Waals surface area contributed by atoms with Crippen LogP contribution in [0.25, 0.3) is 0 Å². The Morgan fingerprint density at radius 2 is 1.87 bits per heavy atom. The highest BCUT2D eigenvalue weighted by atomic mass is 19.1. The summed E-state index contributed by atoms with van der Waals surface area (Å²) >= 11 is 0. The molecular formula is C20H24FNO. The molecule has 3 rings (SSSR count). The van der Waals surface area contributed by atoms with Crippen molar-refractivity contribution in [3.63, 3.8) is 0 Å². The molecule has 0 bridgehead atoms. The summed E-state index contributed by atoms with van der Waals surface area (Å²) in [6, 6.07) is 16.5. The van der Waals surface area contributed by atoms with Gasteiger partial charge in [0.2, 0.25) is 0 Å². The van der Waals surface area contributed by atoms with E-state index in [9.17, 15) is 4.39 Å². The summed E-state index contributed by atoms with van der Waals surface area (Å²) in [4.78, 5) is 0. The summed E-state index contributed by atoms with van der Waals surface area (Å²) in [5.41, 5.74) is 2.29. The number of benzene rings is 2. The average molecular weight is 314 g/mol. The minimum Gasteiger partial charge on any atom is -0.491 e. The van der Waals surface area contributed by atoms with E-state index in [0.717, 1.165) is 31.5 Å². The van der Waals surface area contributed by atoms with Crippen molar-refractivity contribution in [2.24, 2.45) is 5.92 Å². The second-order valence-electron chi connectivity index (χ2n) is 5.99. The standard InChI is InChI=1S/C20H24FNO/c21-12-15-23-19-8-6-17(7-9-19)20(16-4-2-1-3-5-16)18-10-13-22-14-11-18/h1-9,18,20,22H,10-15H2/t20-/m1/s1/i6D. The molecule has 23 heavy (non-hydrogen) atoms. The smallest absolute Gasteiger partial charge is 0.123 e. The van der Waals surface area contributed by atoms with Crippen LogP contribution in [0.5, 0.6) is 5.75 Å². The van der Waals surface area contributed by atoms with Crippen molar-refractivity contribution in [2.45, 2.75) is 18.8 Å². The van der Waals surface area contributed by atoms with Crippen LogP contribution in [-0.4, -0.2) is 26.4 Å². The maximum Gasteiger partial charge on any atom is 0.123 e. The highest BCUT2D eigenvalue weighted by molar-refractivity contribution is 5.37. The normalized spacial score (nSPS) is 17.5. The Hall–Kier alpha value is -1.87. The zero-order valence-electron chi connectivity index (χ0n) is 14.3. The van der Waals surface area contributed by atoms with Gasteiger partial charge < -0.3 is 10.1 Å². The molecule has 1 N–H and O–H groups in total. The monoisotopic (exact) mass is 314 g/mol. The molecule has 1 aliphatic rings.